The molecule has 0 spiro atoms. The van der Waals surface area contributed by atoms with Gasteiger partial charge >= 0.3 is 6.03 Å². The highest BCUT2D eigenvalue weighted by atomic mass is 32.1. The molecular weight excluding hydrogens is 268 g/mol. The van der Waals surface area contributed by atoms with Gasteiger partial charge in [0.2, 0.25) is 11.0 Å². The summed E-state index contributed by atoms with van der Waals surface area (Å²) in [6.07, 6.45) is 0.658. The maximum atomic E-state index is 12.5. The van der Waals surface area contributed by atoms with Crippen molar-refractivity contribution in [2.45, 2.75) is 33.6 Å². The lowest BCUT2D eigenvalue weighted by atomic mass is 9.79. The monoisotopic (exact) mass is 282 g/mol. The average molecular weight is 282 g/mol. The third-order valence-corrected chi connectivity index (χ3v) is 4.18. The molecule has 0 aliphatic carbocycles. The summed E-state index contributed by atoms with van der Waals surface area (Å²) in [6, 6.07) is -0.760. The van der Waals surface area contributed by atoms with Gasteiger partial charge in [0.05, 0.1) is 0 Å². The van der Waals surface area contributed by atoms with Crippen molar-refractivity contribution in [1.29, 1.82) is 0 Å². The van der Waals surface area contributed by atoms with Crippen molar-refractivity contribution < 1.29 is 14.4 Å². The first-order chi connectivity index (χ1) is 8.96. The number of urea groups is 1. The number of barbiturate groups is 1. The molecule has 2 rings (SSSR count). The molecule has 0 unspecified atom stereocenters. The molecule has 1 fully saturated rings. The normalized spacial score (nSPS) is 18.7. The van der Waals surface area contributed by atoms with Crippen molar-refractivity contribution in [2.24, 2.45) is 5.41 Å². The Bertz CT molecular complexity index is 550. The fourth-order valence-corrected chi connectivity index (χ4v) is 2.78. The van der Waals surface area contributed by atoms with E-state index in [0.29, 0.717) is 18.7 Å². The smallest absolute Gasteiger partial charge is 0.276 e. The van der Waals surface area contributed by atoms with E-state index in [1.807, 2.05) is 0 Å². The summed E-state index contributed by atoms with van der Waals surface area (Å²) in [4.78, 5) is 41.3. The first-order valence-electron chi connectivity index (χ1n) is 5.96. The predicted molar refractivity (Wildman–Crippen MR) is 68.7 cm³/mol. The molecule has 1 N–H and O–H groups in total. The van der Waals surface area contributed by atoms with Crippen molar-refractivity contribution in [3.63, 3.8) is 0 Å². The highest BCUT2D eigenvalue weighted by molar-refractivity contribution is 7.10. The Labute approximate surface area is 114 Å². The summed E-state index contributed by atoms with van der Waals surface area (Å²) in [5.74, 6) is -0.580. The zero-order valence-electron chi connectivity index (χ0n) is 10.9. The minimum absolute atomic E-state index is 0.193. The number of nitrogens with zero attached hydrogens (tertiary/aromatic N) is 3. The SMILES string of the molecule is CCC1(CC)C(=O)NC(=O)N(c2nc(C)ns2)C1=O. The van der Waals surface area contributed by atoms with E-state index in [9.17, 15) is 14.4 Å². The summed E-state index contributed by atoms with van der Waals surface area (Å²) in [5, 5.41) is 2.42. The lowest BCUT2D eigenvalue weighted by molar-refractivity contribution is -0.143. The number of carbonyl (C=O) groups is 3. The topological polar surface area (TPSA) is 92.3 Å². The summed E-state index contributed by atoms with van der Waals surface area (Å²) in [6.45, 7) is 5.17. The molecular formula is C11H14N4O3S. The van der Waals surface area contributed by atoms with Crippen LogP contribution < -0.4 is 10.2 Å². The third kappa shape index (κ3) is 1.92. The molecule has 0 bridgehead atoms. The van der Waals surface area contributed by atoms with Gasteiger partial charge in [-0.25, -0.2) is 14.7 Å². The van der Waals surface area contributed by atoms with E-state index in [1.165, 1.54) is 0 Å². The Kier molecular flexibility index (Phi) is 3.36. The van der Waals surface area contributed by atoms with Gasteiger partial charge in [0.15, 0.2) is 0 Å². The molecule has 4 amide bonds. The molecule has 0 aromatic carbocycles. The van der Waals surface area contributed by atoms with E-state index >= 15 is 0 Å². The number of imide groups is 2. The second-order valence-corrected chi connectivity index (χ2v) is 5.04. The van der Waals surface area contributed by atoms with Gasteiger partial charge in [0, 0.05) is 11.5 Å². The second-order valence-electron chi connectivity index (χ2n) is 4.31. The van der Waals surface area contributed by atoms with Crippen LogP contribution in [0.5, 0.6) is 0 Å². The van der Waals surface area contributed by atoms with Gasteiger partial charge in [0.25, 0.3) is 5.91 Å². The van der Waals surface area contributed by atoms with Crippen LogP contribution in [0.2, 0.25) is 0 Å². The first-order valence-corrected chi connectivity index (χ1v) is 6.74. The third-order valence-electron chi connectivity index (χ3n) is 3.39. The van der Waals surface area contributed by atoms with E-state index in [-0.39, 0.29) is 5.13 Å². The molecule has 19 heavy (non-hydrogen) atoms. The van der Waals surface area contributed by atoms with Gasteiger partial charge in [-0.05, 0) is 19.8 Å². The van der Waals surface area contributed by atoms with Crippen LogP contribution >= 0.6 is 11.5 Å². The number of aryl methyl sites for hydroxylation is 1. The second kappa shape index (κ2) is 4.69. The largest absolute Gasteiger partial charge is 0.337 e. The van der Waals surface area contributed by atoms with Crippen LogP contribution in [0.4, 0.5) is 9.93 Å². The van der Waals surface area contributed by atoms with E-state index in [0.717, 1.165) is 16.4 Å². The van der Waals surface area contributed by atoms with Crippen molar-refractivity contribution >= 4 is 34.5 Å². The van der Waals surface area contributed by atoms with Gasteiger partial charge in [-0.2, -0.15) is 4.37 Å². The number of anilines is 1. The summed E-state index contributed by atoms with van der Waals surface area (Å²) < 4.78 is 3.95. The summed E-state index contributed by atoms with van der Waals surface area (Å²) >= 11 is 0.958. The lowest BCUT2D eigenvalue weighted by Gasteiger charge is -2.36. The Morgan fingerprint density at radius 1 is 1.26 bits per heavy atom. The minimum Gasteiger partial charge on any atom is -0.276 e. The molecule has 102 valence electrons. The van der Waals surface area contributed by atoms with Crippen molar-refractivity contribution in [3.05, 3.63) is 5.82 Å². The van der Waals surface area contributed by atoms with Gasteiger partial charge in [0.1, 0.15) is 11.2 Å². The lowest BCUT2D eigenvalue weighted by Crippen LogP contribution is -2.63. The number of hydrogen-bond donors (Lipinski definition) is 1. The Morgan fingerprint density at radius 3 is 2.37 bits per heavy atom. The van der Waals surface area contributed by atoms with E-state index in [1.54, 1.807) is 20.8 Å². The van der Waals surface area contributed by atoms with Gasteiger partial charge in [-0.3, -0.25) is 14.9 Å². The van der Waals surface area contributed by atoms with Crippen LogP contribution in [-0.4, -0.2) is 27.2 Å². The Morgan fingerprint density at radius 2 is 1.89 bits per heavy atom. The molecule has 0 radical (unpaired) electrons. The van der Waals surface area contributed by atoms with Crippen molar-refractivity contribution in [2.75, 3.05) is 4.90 Å². The van der Waals surface area contributed by atoms with Crippen molar-refractivity contribution in [1.82, 2.24) is 14.7 Å². The number of aromatic nitrogens is 2. The van der Waals surface area contributed by atoms with Crippen LogP contribution in [0.15, 0.2) is 0 Å². The van der Waals surface area contributed by atoms with Crippen LogP contribution in [0.25, 0.3) is 0 Å². The van der Waals surface area contributed by atoms with Gasteiger partial charge < -0.3 is 0 Å². The predicted octanol–water partition coefficient (Wildman–Crippen LogP) is 1.24. The molecule has 7 nitrogen and oxygen atoms in total. The number of rotatable bonds is 3. The molecule has 1 saturated heterocycles. The van der Waals surface area contributed by atoms with Crippen molar-refractivity contribution in [3.8, 4) is 0 Å². The standard InChI is InChI=1S/C11H14N4O3S/c1-4-11(5-2)7(16)13-9(18)15(8(11)17)10-12-6(3)14-19-10/h4-5H2,1-3H3,(H,13,16,18). The summed E-state index contributed by atoms with van der Waals surface area (Å²) in [7, 11) is 0. The zero-order chi connectivity index (χ0) is 14.2. The molecule has 1 aliphatic heterocycles. The quantitative estimate of drug-likeness (QED) is 0.842. The van der Waals surface area contributed by atoms with E-state index in [2.05, 4.69) is 14.7 Å². The zero-order valence-corrected chi connectivity index (χ0v) is 11.7. The Hall–Kier alpha value is -1.83. The maximum absolute atomic E-state index is 12.5. The maximum Gasteiger partial charge on any atom is 0.337 e. The minimum atomic E-state index is -1.20. The van der Waals surface area contributed by atoms with Gasteiger partial charge in [-0.1, -0.05) is 13.8 Å². The van der Waals surface area contributed by atoms with Crippen LogP contribution in [0.1, 0.15) is 32.5 Å². The summed E-state index contributed by atoms with van der Waals surface area (Å²) in [5.41, 5.74) is -1.20. The highest BCUT2D eigenvalue weighted by Gasteiger charge is 2.52. The number of hydrogen-bond acceptors (Lipinski definition) is 6. The molecule has 8 heteroatoms. The molecule has 0 atom stereocenters. The van der Waals surface area contributed by atoms with E-state index in [4.69, 9.17) is 0 Å². The number of nitrogens with one attached hydrogen (secondary N) is 1. The molecule has 1 aliphatic rings. The van der Waals surface area contributed by atoms with Crippen LogP contribution in [0.3, 0.4) is 0 Å². The first kappa shape index (κ1) is 13.6. The average Bonchev–Trinajstić information content (AvgIpc) is 2.77. The number of amides is 4. The molecule has 2 heterocycles. The van der Waals surface area contributed by atoms with Gasteiger partial charge in [-0.15, -0.1) is 0 Å². The fraction of sp³-hybridized carbons (Fsp3) is 0.545. The highest BCUT2D eigenvalue weighted by Crippen LogP contribution is 2.34. The molecule has 1 aromatic heterocycles. The molecule has 0 saturated carbocycles. The molecule has 1 aromatic rings. The van der Waals surface area contributed by atoms with Crippen LogP contribution in [0, 0.1) is 12.3 Å². The van der Waals surface area contributed by atoms with E-state index < -0.39 is 23.3 Å². The number of carbonyl (C=O) groups excluding carboxylic acids is 3. The fourth-order valence-electron chi connectivity index (χ4n) is 2.10. The Balaban J connectivity index is 2.47. The van der Waals surface area contributed by atoms with Crippen LogP contribution in [-0.2, 0) is 9.59 Å².